The van der Waals surface area contributed by atoms with Gasteiger partial charge in [-0.2, -0.15) is 0 Å². The maximum atomic E-state index is 12.5. The number of benzene rings is 1. The average Bonchev–Trinajstić information content (AvgIpc) is 3.22. The molecule has 0 unspecified atom stereocenters. The summed E-state index contributed by atoms with van der Waals surface area (Å²) in [5.74, 6) is 0.926. The predicted octanol–water partition coefficient (Wildman–Crippen LogP) is 3.33. The Bertz CT molecular complexity index is 883. The minimum absolute atomic E-state index is 0.0121. The topological polar surface area (TPSA) is 66.9 Å². The van der Waals surface area contributed by atoms with Gasteiger partial charge in [-0.05, 0) is 43.2 Å². The van der Waals surface area contributed by atoms with Gasteiger partial charge in [0.05, 0.1) is 12.0 Å². The Morgan fingerprint density at radius 2 is 1.47 bits per heavy atom. The van der Waals surface area contributed by atoms with Gasteiger partial charge in [-0.1, -0.05) is 12.1 Å². The van der Waals surface area contributed by atoms with Crippen molar-refractivity contribution in [3.05, 3.63) is 51.7 Å². The molecule has 1 fully saturated rings. The monoisotopic (exact) mass is 428 g/mol. The third-order valence-corrected chi connectivity index (χ3v) is 6.39. The number of Topliss-reactive ketones (excluding diaryl/α,β-unsaturated/α-hetero) is 1. The van der Waals surface area contributed by atoms with Crippen LogP contribution in [0.1, 0.15) is 39.4 Å². The fourth-order valence-corrected chi connectivity index (χ4v) is 4.33. The summed E-state index contributed by atoms with van der Waals surface area (Å²) < 4.78 is 5.15. The number of hydrogen-bond donors (Lipinski definition) is 0. The molecule has 30 heavy (non-hydrogen) atoms. The van der Waals surface area contributed by atoms with Crippen molar-refractivity contribution in [3.63, 3.8) is 0 Å². The fourth-order valence-electron chi connectivity index (χ4n) is 3.49. The van der Waals surface area contributed by atoms with Gasteiger partial charge in [-0.25, -0.2) is 0 Å². The molecule has 0 atom stereocenters. The number of methoxy groups -OCH3 is 1. The van der Waals surface area contributed by atoms with Crippen LogP contribution < -0.4 is 4.74 Å². The first-order chi connectivity index (χ1) is 14.5. The maximum Gasteiger partial charge on any atom is 0.223 e. The van der Waals surface area contributed by atoms with Gasteiger partial charge in [0, 0.05) is 50.3 Å². The van der Waals surface area contributed by atoms with Crippen LogP contribution in [0.5, 0.6) is 5.75 Å². The molecule has 3 rings (SSSR count). The molecule has 1 saturated heterocycles. The molecule has 1 aliphatic heterocycles. The normalized spacial score (nSPS) is 13.9. The molecule has 2 aromatic rings. The van der Waals surface area contributed by atoms with Gasteiger partial charge in [-0.3, -0.25) is 14.4 Å². The Hall–Kier alpha value is -2.67. The summed E-state index contributed by atoms with van der Waals surface area (Å²) in [5.41, 5.74) is 1.10. The third kappa shape index (κ3) is 5.92. The van der Waals surface area contributed by atoms with Gasteiger partial charge in [0.2, 0.25) is 11.8 Å². The summed E-state index contributed by atoms with van der Waals surface area (Å²) in [6.45, 7) is 4.11. The van der Waals surface area contributed by atoms with E-state index in [1.165, 1.54) is 11.3 Å². The molecule has 7 heteroatoms. The number of ketones is 1. The second-order valence-electron chi connectivity index (χ2n) is 7.44. The minimum atomic E-state index is -0.0121. The van der Waals surface area contributed by atoms with Crippen molar-refractivity contribution < 1.29 is 19.1 Å². The number of aryl methyl sites for hydroxylation is 2. The number of hydrogen-bond acceptors (Lipinski definition) is 5. The van der Waals surface area contributed by atoms with Crippen LogP contribution in [-0.4, -0.2) is 60.7 Å². The van der Waals surface area contributed by atoms with Crippen LogP contribution in [0.4, 0.5) is 0 Å². The second-order valence-corrected chi connectivity index (χ2v) is 8.73. The van der Waals surface area contributed by atoms with Crippen LogP contribution in [0.3, 0.4) is 0 Å². The lowest BCUT2D eigenvalue weighted by molar-refractivity contribution is -0.139. The van der Waals surface area contributed by atoms with Gasteiger partial charge in [0.15, 0.2) is 5.78 Å². The van der Waals surface area contributed by atoms with E-state index in [0.717, 1.165) is 16.2 Å². The quantitative estimate of drug-likeness (QED) is 0.605. The molecule has 6 nitrogen and oxygen atoms in total. The molecule has 0 saturated carbocycles. The Balaban J connectivity index is 1.38. The smallest absolute Gasteiger partial charge is 0.223 e. The molecule has 2 amide bonds. The van der Waals surface area contributed by atoms with Crippen molar-refractivity contribution in [2.45, 2.75) is 32.6 Å². The molecule has 1 aromatic heterocycles. The van der Waals surface area contributed by atoms with E-state index in [-0.39, 0.29) is 30.4 Å². The van der Waals surface area contributed by atoms with E-state index in [0.29, 0.717) is 43.9 Å². The van der Waals surface area contributed by atoms with Gasteiger partial charge in [-0.15, -0.1) is 11.3 Å². The molecule has 1 aromatic carbocycles. The highest BCUT2D eigenvalue weighted by molar-refractivity contribution is 7.14. The molecule has 0 N–H and O–H groups in total. The molecular weight excluding hydrogens is 400 g/mol. The molecule has 1 aliphatic rings. The van der Waals surface area contributed by atoms with Crippen molar-refractivity contribution in [1.82, 2.24) is 9.80 Å². The van der Waals surface area contributed by atoms with Crippen LogP contribution in [-0.2, 0) is 16.0 Å². The van der Waals surface area contributed by atoms with E-state index in [2.05, 4.69) is 0 Å². The first kappa shape index (κ1) is 22.0. The van der Waals surface area contributed by atoms with E-state index in [9.17, 15) is 14.4 Å². The molecule has 0 radical (unpaired) electrons. The lowest BCUT2D eigenvalue weighted by Gasteiger charge is -2.35. The van der Waals surface area contributed by atoms with Crippen LogP contribution in [0.2, 0.25) is 0 Å². The summed E-state index contributed by atoms with van der Waals surface area (Å²) >= 11 is 1.47. The predicted molar refractivity (Wildman–Crippen MR) is 117 cm³/mol. The molecule has 0 spiro atoms. The van der Waals surface area contributed by atoms with Gasteiger partial charge < -0.3 is 14.5 Å². The van der Waals surface area contributed by atoms with E-state index in [1.807, 2.05) is 48.2 Å². The number of carbonyl (C=O) groups is 3. The fraction of sp³-hybridized carbons (Fsp3) is 0.435. The zero-order chi connectivity index (χ0) is 21.5. The number of nitrogens with zero attached hydrogens (tertiary/aromatic N) is 2. The molecule has 2 heterocycles. The summed E-state index contributed by atoms with van der Waals surface area (Å²) in [7, 11) is 1.63. The Labute approximate surface area is 181 Å². The standard InChI is InChI=1S/C23H28N2O4S/c1-17-3-10-21(30-17)20(26)9-12-23(28)25-15-13-24(14-16-25)22(27)11-6-18-4-7-19(29-2)8-5-18/h3-5,7-8,10H,6,9,11-16H2,1-2H3. The summed E-state index contributed by atoms with van der Waals surface area (Å²) in [6.07, 6.45) is 1.60. The van der Waals surface area contributed by atoms with Crippen molar-refractivity contribution in [3.8, 4) is 5.75 Å². The van der Waals surface area contributed by atoms with Crippen molar-refractivity contribution >= 4 is 28.9 Å². The van der Waals surface area contributed by atoms with Crippen LogP contribution in [0, 0.1) is 6.92 Å². The zero-order valence-corrected chi connectivity index (χ0v) is 18.4. The molecule has 160 valence electrons. The largest absolute Gasteiger partial charge is 0.497 e. The van der Waals surface area contributed by atoms with E-state index in [4.69, 9.17) is 4.74 Å². The van der Waals surface area contributed by atoms with Gasteiger partial charge >= 0.3 is 0 Å². The summed E-state index contributed by atoms with van der Waals surface area (Å²) in [5, 5.41) is 0. The van der Waals surface area contributed by atoms with Crippen molar-refractivity contribution in [2.24, 2.45) is 0 Å². The molecule has 0 bridgehead atoms. The minimum Gasteiger partial charge on any atom is -0.497 e. The summed E-state index contributed by atoms with van der Waals surface area (Å²) in [6, 6.07) is 11.5. The zero-order valence-electron chi connectivity index (χ0n) is 17.6. The Kier molecular flexibility index (Phi) is 7.63. The van der Waals surface area contributed by atoms with Crippen LogP contribution in [0.15, 0.2) is 36.4 Å². The number of rotatable bonds is 8. The van der Waals surface area contributed by atoms with Crippen LogP contribution in [0.25, 0.3) is 0 Å². The van der Waals surface area contributed by atoms with E-state index in [1.54, 1.807) is 12.0 Å². The van der Waals surface area contributed by atoms with Crippen molar-refractivity contribution in [1.29, 1.82) is 0 Å². The maximum absolute atomic E-state index is 12.5. The number of piperazine rings is 1. The first-order valence-corrected chi connectivity index (χ1v) is 11.1. The molecular formula is C23H28N2O4S. The lowest BCUT2D eigenvalue weighted by atomic mass is 10.1. The van der Waals surface area contributed by atoms with Gasteiger partial charge in [0.1, 0.15) is 5.75 Å². The van der Waals surface area contributed by atoms with E-state index < -0.39 is 0 Å². The third-order valence-electron chi connectivity index (χ3n) is 5.35. The Morgan fingerprint density at radius 1 is 0.867 bits per heavy atom. The summed E-state index contributed by atoms with van der Waals surface area (Å²) in [4.78, 5) is 42.5. The van der Waals surface area contributed by atoms with Crippen LogP contribution >= 0.6 is 11.3 Å². The second kappa shape index (κ2) is 10.4. The highest BCUT2D eigenvalue weighted by atomic mass is 32.1. The number of ether oxygens (including phenoxy) is 1. The Morgan fingerprint density at radius 3 is 2.00 bits per heavy atom. The number of amides is 2. The number of carbonyl (C=O) groups excluding carboxylic acids is 3. The highest BCUT2D eigenvalue weighted by Crippen LogP contribution is 2.18. The van der Waals surface area contributed by atoms with Crippen molar-refractivity contribution in [2.75, 3.05) is 33.3 Å². The lowest BCUT2D eigenvalue weighted by Crippen LogP contribution is -2.50. The first-order valence-electron chi connectivity index (χ1n) is 10.2. The van der Waals surface area contributed by atoms with E-state index >= 15 is 0 Å². The molecule has 0 aliphatic carbocycles. The number of thiophene rings is 1. The SMILES string of the molecule is COc1ccc(CCC(=O)N2CCN(C(=O)CCC(=O)c3ccc(C)s3)CC2)cc1. The average molecular weight is 429 g/mol. The highest BCUT2D eigenvalue weighted by Gasteiger charge is 2.24. The van der Waals surface area contributed by atoms with Gasteiger partial charge in [0.25, 0.3) is 0 Å².